The number of nitrogens with one attached hydrogen (secondary N) is 1. The lowest BCUT2D eigenvalue weighted by Crippen LogP contribution is -2.39. The zero-order valence-corrected chi connectivity index (χ0v) is 15.0. The first kappa shape index (κ1) is 18.2. The summed E-state index contributed by atoms with van der Waals surface area (Å²) in [5.74, 6) is 0.550. The minimum atomic E-state index is 0. The third-order valence-electron chi connectivity index (χ3n) is 3.94. The lowest BCUT2D eigenvalue weighted by molar-refractivity contribution is 0.0531. The number of hydrogen-bond donors (Lipinski definition) is 2. The summed E-state index contributed by atoms with van der Waals surface area (Å²) < 4.78 is 5.52. The van der Waals surface area contributed by atoms with Crippen LogP contribution in [0.5, 0.6) is 0 Å². The molecule has 4 nitrogen and oxygen atoms in total. The molecule has 0 bridgehead atoms. The Morgan fingerprint density at radius 1 is 1.29 bits per heavy atom. The summed E-state index contributed by atoms with van der Waals surface area (Å²) in [7, 11) is 0. The standard InChI is InChI=1S/C16H25N3O.HI/c1-2-10-18-15(17)19-13-16(8-11-20-12-9-16)14-6-4-3-5-7-14;/h3-7H,2,8-13H2,1H3,(H3,17,18,19);1H. The van der Waals surface area contributed by atoms with Crippen LogP contribution in [0.25, 0.3) is 0 Å². The number of hydrogen-bond acceptors (Lipinski definition) is 2. The summed E-state index contributed by atoms with van der Waals surface area (Å²) in [6, 6.07) is 10.6. The van der Waals surface area contributed by atoms with Crippen molar-refractivity contribution in [2.45, 2.75) is 31.6 Å². The molecule has 1 aliphatic rings. The molecule has 1 saturated heterocycles. The third kappa shape index (κ3) is 5.14. The Labute approximate surface area is 144 Å². The van der Waals surface area contributed by atoms with Gasteiger partial charge in [-0.2, -0.15) is 0 Å². The zero-order chi connectivity index (χ0) is 14.3. The summed E-state index contributed by atoms with van der Waals surface area (Å²) in [6.07, 6.45) is 3.05. The Balaban J connectivity index is 0.00000220. The summed E-state index contributed by atoms with van der Waals surface area (Å²) in [5.41, 5.74) is 7.33. The highest BCUT2D eigenvalue weighted by molar-refractivity contribution is 14.0. The van der Waals surface area contributed by atoms with Crippen molar-refractivity contribution in [1.82, 2.24) is 5.32 Å². The van der Waals surface area contributed by atoms with Gasteiger partial charge in [-0.1, -0.05) is 37.3 Å². The Bertz CT molecular complexity index is 430. The lowest BCUT2D eigenvalue weighted by atomic mass is 9.74. The van der Waals surface area contributed by atoms with E-state index in [0.717, 1.165) is 45.6 Å². The molecule has 0 atom stereocenters. The molecule has 0 unspecified atom stereocenters. The van der Waals surface area contributed by atoms with Crippen LogP contribution in [-0.4, -0.2) is 32.3 Å². The monoisotopic (exact) mass is 403 g/mol. The van der Waals surface area contributed by atoms with Crippen molar-refractivity contribution in [3.8, 4) is 0 Å². The molecule has 0 aliphatic carbocycles. The number of benzene rings is 1. The van der Waals surface area contributed by atoms with E-state index in [1.54, 1.807) is 0 Å². The predicted octanol–water partition coefficient (Wildman–Crippen LogP) is 2.67. The first-order valence-corrected chi connectivity index (χ1v) is 7.44. The van der Waals surface area contributed by atoms with Crippen LogP contribution in [0.3, 0.4) is 0 Å². The fourth-order valence-electron chi connectivity index (χ4n) is 2.64. The van der Waals surface area contributed by atoms with Gasteiger partial charge in [0.05, 0.1) is 6.54 Å². The van der Waals surface area contributed by atoms with Gasteiger partial charge in [-0.05, 0) is 24.8 Å². The molecule has 118 valence electrons. The van der Waals surface area contributed by atoms with Crippen LogP contribution in [0, 0.1) is 0 Å². The van der Waals surface area contributed by atoms with Crippen LogP contribution in [0.4, 0.5) is 0 Å². The van der Waals surface area contributed by atoms with E-state index in [-0.39, 0.29) is 29.4 Å². The van der Waals surface area contributed by atoms with Crippen LogP contribution >= 0.6 is 24.0 Å². The third-order valence-corrected chi connectivity index (χ3v) is 3.94. The van der Waals surface area contributed by atoms with E-state index in [1.165, 1.54) is 5.56 Å². The van der Waals surface area contributed by atoms with E-state index in [2.05, 4.69) is 47.6 Å². The van der Waals surface area contributed by atoms with Gasteiger partial charge < -0.3 is 15.8 Å². The molecule has 1 aromatic carbocycles. The van der Waals surface area contributed by atoms with Crippen LogP contribution in [-0.2, 0) is 10.2 Å². The smallest absolute Gasteiger partial charge is 0.188 e. The van der Waals surface area contributed by atoms with Crippen molar-refractivity contribution in [3.63, 3.8) is 0 Å². The number of rotatable bonds is 5. The van der Waals surface area contributed by atoms with Crippen LogP contribution in [0.1, 0.15) is 31.7 Å². The molecule has 3 N–H and O–H groups in total. The van der Waals surface area contributed by atoms with Gasteiger partial charge in [-0.3, -0.25) is 4.99 Å². The quantitative estimate of drug-likeness (QED) is 0.452. The van der Waals surface area contributed by atoms with E-state index in [1.807, 2.05) is 0 Å². The molecule has 0 amide bonds. The second kappa shape index (κ2) is 9.25. The minimum absolute atomic E-state index is 0. The van der Waals surface area contributed by atoms with Crippen LogP contribution in [0.15, 0.2) is 35.3 Å². The maximum absolute atomic E-state index is 5.92. The normalized spacial score (nSPS) is 17.9. The Kier molecular flexibility index (Phi) is 8.03. The van der Waals surface area contributed by atoms with Gasteiger partial charge in [0.1, 0.15) is 0 Å². The summed E-state index contributed by atoms with van der Waals surface area (Å²) in [5, 5.41) is 3.14. The van der Waals surface area contributed by atoms with E-state index in [9.17, 15) is 0 Å². The number of nitrogens with zero attached hydrogens (tertiary/aromatic N) is 1. The van der Waals surface area contributed by atoms with Gasteiger partial charge in [-0.25, -0.2) is 0 Å². The number of nitrogens with two attached hydrogens (primary N) is 1. The summed E-state index contributed by atoms with van der Waals surface area (Å²) >= 11 is 0. The van der Waals surface area contributed by atoms with Gasteiger partial charge in [0.25, 0.3) is 0 Å². The SMILES string of the molecule is CCCNC(N)=NCC1(c2ccccc2)CCOCC1.I. The molecule has 0 saturated carbocycles. The fraction of sp³-hybridized carbons (Fsp3) is 0.562. The molecule has 1 aliphatic heterocycles. The second-order valence-corrected chi connectivity index (χ2v) is 5.39. The zero-order valence-electron chi connectivity index (χ0n) is 12.7. The van der Waals surface area contributed by atoms with Gasteiger partial charge >= 0.3 is 0 Å². The first-order valence-electron chi connectivity index (χ1n) is 7.44. The van der Waals surface area contributed by atoms with Gasteiger partial charge in [-0.15, -0.1) is 24.0 Å². The Hall–Kier alpha value is -0.820. The number of halogens is 1. The Morgan fingerprint density at radius 2 is 1.95 bits per heavy atom. The predicted molar refractivity (Wildman–Crippen MR) is 98.4 cm³/mol. The van der Waals surface area contributed by atoms with Crippen molar-refractivity contribution in [2.75, 3.05) is 26.3 Å². The van der Waals surface area contributed by atoms with Gasteiger partial charge in [0.15, 0.2) is 5.96 Å². The van der Waals surface area contributed by atoms with Crippen molar-refractivity contribution in [3.05, 3.63) is 35.9 Å². The average molecular weight is 403 g/mol. The van der Waals surface area contributed by atoms with Crippen molar-refractivity contribution < 1.29 is 4.74 Å². The van der Waals surface area contributed by atoms with Gasteiger partial charge in [0, 0.05) is 25.2 Å². The van der Waals surface area contributed by atoms with E-state index < -0.39 is 0 Å². The fourth-order valence-corrected chi connectivity index (χ4v) is 2.64. The molecule has 0 spiro atoms. The minimum Gasteiger partial charge on any atom is -0.381 e. The number of aliphatic imine (C=N–C) groups is 1. The van der Waals surface area contributed by atoms with E-state index >= 15 is 0 Å². The summed E-state index contributed by atoms with van der Waals surface area (Å²) in [4.78, 5) is 4.56. The van der Waals surface area contributed by atoms with Crippen molar-refractivity contribution in [2.24, 2.45) is 10.7 Å². The maximum Gasteiger partial charge on any atom is 0.188 e. The lowest BCUT2D eigenvalue weighted by Gasteiger charge is -2.36. The average Bonchev–Trinajstić information content (AvgIpc) is 2.52. The molecule has 1 aromatic rings. The van der Waals surface area contributed by atoms with Gasteiger partial charge in [0.2, 0.25) is 0 Å². The van der Waals surface area contributed by atoms with Crippen molar-refractivity contribution in [1.29, 1.82) is 0 Å². The molecule has 1 fully saturated rings. The maximum atomic E-state index is 5.92. The molecule has 2 rings (SSSR count). The highest BCUT2D eigenvalue weighted by Crippen LogP contribution is 2.35. The van der Waals surface area contributed by atoms with Crippen molar-refractivity contribution >= 4 is 29.9 Å². The molecular weight excluding hydrogens is 377 g/mol. The number of ether oxygens (including phenoxy) is 1. The molecule has 0 aromatic heterocycles. The molecule has 0 radical (unpaired) electrons. The van der Waals surface area contributed by atoms with E-state index in [0.29, 0.717) is 5.96 Å². The highest BCUT2D eigenvalue weighted by Gasteiger charge is 2.34. The topological polar surface area (TPSA) is 59.6 Å². The summed E-state index contributed by atoms with van der Waals surface area (Å²) in [6.45, 7) is 5.31. The molecule has 5 heteroatoms. The largest absolute Gasteiger partial charge is 0.381 e. The second-order valence-electron chi connectivity index (χ2n) is 5.39. The first-order chi connectivity index (χ1) is 9.77. The highest BCUT2D eigenvalue weighted by atomic mass is 127. The molecule has 21 heavy (non-hydrogen) atoms. The van der Waals surface area contributed by atoms with E-state index in [4.69, 9.17) is 10.5 Å². The number of guanidine groups is 1. The molecular formula is C16H26IN3O. The Morgan fingerprint density at radius 3 is 2.57 bits per heavy atom. The van der Waals surface area contributed by atoms with Crippen LogP contribution in [0.2, 0.25) is 0 Å². The van der Waals surface area contributed by atoms with Crippen LogP contribution < -0.4 is 11.1 Å². The molecule has 1 heterocycles.